The van der Waals surface area contributed by atoms with Crippen LogP contribution in [0.3, 0.4) is 0 Å². The Hall–Kier alpha value is -0.530. The highest BCUT2D eigenvalue weighted by molar-refractivity contribution is 5.78. The second-order valence-electron chi connectivity index (χ2n) is 5.01. The first-order valence-electron chi connectivity index (χ1n) is 5.26. The lowest BCUT2D eigenvalue weighted by Gasteiger charge is -2.34. The van der Waals surface area contributed by atoms with Gasteiger partial charge in [0.2, 0.25) is 5.91 Å². The molecule has 1 aliphatic rings. The van der Waals surface area contributed by atoms with Crippen molar-refractivity contribution in [2.24, 2.45) is 5.41 Å². The van der Waals surface area contributed by atoms with Crippen molar-refractivity contribution in [2.75, 3.05) is 6.54 Å². The van der Waals surface area contributed by atoms with Crippen molar-refractivity contribution in [3.05, 3.63) is 0 Å². The third-order valence-electron chi connectivity index (χ3n) is 2.79. The smallest absolute Gasteiger partial charge is 0.222 e. The van der Waals surface area contributed by atoms with Gasteiger partial charge < -0.3 is 4.90 Å². The number of carbonyl (C=O) groups excluding carboxylic acids is 1. The summed E-state index contributed by atoms with van der Waals surface area (Å²) in [4.78, 5) is 13.6. The number of amides is 1. The molecular weight excluding hydrogens is 162 g/mol. The van der Waals surface area contributed by atoms with Gasteiger partial charge in [0.1, 0.15) is 0 Å². The Morgan fingerprint density at radius 2 is 2.08 bits per heavy atom. The zero-order valence-corrected chi connectivity index (χ0v) is 9.26. The second-order valence-corrected chi connectivity index (χ2v) is 5.01. The molecule has 1 rings (SSSR count). The topological polar surface area (TPSA) is 20.3 Å². The van der Waals surface area contributed by atoms with E-state index in [1.807, 2.05) is 0 Å². The van der Waals surface area contributed by atoms with Crippen LogP contribution in [0.15, 0.2) is 0 Å². The van der Waals surface area contributed by atoms with Gasteiger partial charge in [0, 0.05) is 19.0 Å². The van der Waals surface area contributed by atoms with Crippen molar-refractivity contribution in [1.82, 2.24) is 4.90 Å². The number of likely N-dealkylation sites (tertiary alicyclic amines) is 1. The molecule has 0 radical (unpaired) electrons. The summed E-state index contributed by atoms with van der Waals surface area (Å²) in [5, 5.41) is 0. The molecule has 1 atom stereocenters. The predicted octanol–water partition coefficient (Wildman–Crippen LogP) is 2.43. The van der Waals surface area contributed by atoms with Crippen molar-refractivity contribution in [2.45, 2.75) is 53.0 Å². The molecule has 1 unspecified atom stereocenters. The Bertz CT molecular complexity index is 193. The van der Waals surface area contributed by atoms with E-state index in [-0.39, 0.29) is 5.41 Å². The zero-order valence-electron chi connectivity index (χ0n) is 9.26. The highest BCUT2D eigenvalue weighted by atomic mass is 16.2. The minimum Gasteiger partial charge on any atom is -0.339 e. The summed E-state index contributed by atoms with van der Waals surface area (Å²) in [6.45, 7) is 9.73. The van der Waals surface area contributed by atoms with E-state index in [1.54, 1.807) is 0 Å². The summed E-state index contributed by atoms with van der Waals surface area (Å²) < 4.78 is 0. The Morgan fingerprint density at radius 1 is 1.46 bits per heavy atom. The minimum atomic E-state index is 0.237. The molecule has 1 heterocycles. The van der Waals surface area contributed by atoms with E-state index in [0.717, 1.165) is 25.8 Å². The lowest BCUT2D eigenvalue weighted by Crippen LogP contribution is -2.41. The van der Waals surface area contributed by atoms with E-state index in [2.05, 4.69) is 32.6 Å². The van der Waals surface area contributed by atoms with Gasteiger partial charge in [-0.15, -0.1) is 0 Å². The fraction of sp³-hybridized carbons (Fsp3) is 0.909. The normalized spacial score (nSPS) is 24.2. The maximum Gasteiger partial charge on any atom is 0.222 e. The second kappa shape index (κ2) is 3.69. The molecule has 0 saturated carbocycles. The van der Waals surface area contributed by atoms with E-state index >= 15 is 0 Å². The summed E-state index contributed by atoms with van der Waals surface area (Å²) >= 11 is 0. The van der Waals surface area contributed by atoms with E-state index < -0.39 is 0 Å². The molecule has 13 heavy (non-hydrogen) atoms. The quantitative estimate of drug-likeness (QED) is 0.644. The number of hydrogen-bond donors (Lipinski definition) is 0. The van der Waals surface area contributed by atoms with Crippen LogP contribution in [0.4, 0.5) is 0 Å². The summed E-state index contributed by atoms with van der Waals surface area (Å²) in [6, 6.07) is 0.458. The average molecular weight is 183 g/mol. The molecular formula is C11H21NO. The molecule has 1 aliphatic heterocycles. The number of nitrogens with zero attached hydrogens (tertiary/aromatic N) is 1. The van der Waals surface area contributed by atoms with Crippen LogP contribution in [0.5, 0.6) is 0 Å². The molecule has 0 aromatic rings. The van der Waals surface area contributed by atoms with Crippen molar-refractivity contribution in [3.8, 4) is 0 Å². The third kappa shape index (κ3) is 2.23. The third-order valence-corrected chi connectivity index (χ3v) is 2.79. The molecule has 0 aromatic carbocycles. The van der Waals surface area contributed by atoms with Crippen molar-refractivity contribution >= 4 is 5.91 Å². The molecule has 1 amide bonds. The molecule has 0 bridgehead atoms. The average Bonchev–Trinajstić information content (AvgIpc) is 2.32. The van der Waals surface area contributed by atoms with E-state index in [9.17, 15) is 4.79 Å². The maximum absolute atomic E-state index is 11.5. The maximum atomic E-state index is 11.5. The van der Waals surface area contributed by atoms with Crippen LogP contribution in [0, 0.1) is 5.41 Å². The van der Waals surface area contributed by atoms with Crippen molar-refractivity contribution in [1.29, 1.82) is 0 Å². The zero-order chi connectivity index (χ0) is 10.1. The van der Waals surface area contributed by atoms with E-state index in [4.69, 9.17) is 0 Å². The van der Waals surface area contributed by atoms with Gasteiger partial charge in [-0.1, -0.05) is 27.7 Å². The van der Waals surface area contributed by atoms with Gasteiger partial charge in [-0.25, -0.2) is 0 Å². The Morgan fingerprint density at radius 3 is 2.54 bits per heavy atom. The van der Waals surface area contributed by atoms with Gasteiger partial charge in [-0.05, 0) is 18.3 Å². The Balaban J connectivity index is 2.69. The molecule has 1 saturated heterocycles. The Kier molecular flexibility index (Phi) is 2.99. The summed E-state index contributed by atoms with van der Waals surface area (Å²) in [7, 11) is 0. The first-order valence-corrected chi connectivity index (χ1v) is 5.26. The first kappa shape index (κ1) is 10.6. The minimum absolute atomic E-state index is 0.237. The van der Waals surface area contributed by atoms with Crippen LogP contribution in [0.1, 0.15) is 47.0 Å². The van der Waals surface area contributed by atoms with Crippen molar-refractivity contribution < 1.29 is 4.79 Å². The molecule has 0 spiro atoms. The predicted molar refractivity (Wildman–Crippen MR) is 54.5 cm³/mol. The number of rotatable bonds is 2. The first-order chi connectivity index (χ1) is 5.96. The molecule has 0 aliphatic carbocycles. The van der Waals surface area contributed by atoms with Crippen LogP contribution >= 0.6 is 0 Å². The van der Waals surface area contributed by atoms with Crippen LogP contribution in [0.25, 0.3) is 0 Å². The van der Waals surface area contributed by atoms with Gasteiger partial charge >= 0.3 is 0 Å². The largest absolute Gasteiger partial charge is 0.339 e. The van der Waals surface area contributed by atoms with Crippen LogP contribution < -0.4 is 0 Å². The van der Waals surface area contributed by atoms with Crippen LogP contribution in [0.2, 0.25) is 0 Å². The van der Waals surface area contributed by atoms with Gasteiger partial charge in [0.25, 0.3) is 0 Å². The molecule has 0 aromatic heterocycles. The van der Waals surface area contributed by atoms with E-state index in [0.29, 0.717) is 11.9 Å². The standard InChI is InChI=1S/C11H21NO/c1-5-8-12-9(11(2,3)4)6-7-10(12)13/h9H,5-8H2,1-4H3. The fourth-order valence-electron chi connectivity index (χ4n) is 2.16. The van der Waals surface area contributed by atoms with E-state index in [1.165, 1.54) is 0 Å². The number of carbonyl (C=O) groups is 1. The SMILES string of the molecule is CCCN1C(=O)CCC1C(C)(C)C. The molecule has 2 nitrogen and oxygen atoms in total. The molecule has 1 fully saturated rings. The van der Waals surface area contributed by atoms with Crippen LogP contribution in [-0.2, 0) is 4.79 Å². The summed E-state index contributed by atoms with van der Waals surface area (Å²) in [5.74, 6) is 0.349. The van der Waals surface area contributed by atoms with Gasteiger partial charge in [0.05, 0.1) is 0 Å². The van der Waals surface area contributed by atoms with Gasteiger partial charge in [-0.2, -0.15) is 0 Å². The van der Waals surface area contributed by atoms with Crippen LogP contribution in [-0.4, -0.2) is 23.4 Å². The summed E-state index contributed by atoms with van der Waals surface area (Å²) in [6.07, 6.45) is 2.86. The molecule has 0 N–H and O–H groups in total. The van der Waals surface area contributed by atoms with Gasteiger partial charge in [-0.3, -0.25) is 4.79 Å². The lowest BCUT2D eigenvalue weighted by molar-refractivity contribution is -0.130. The monoisotopic (exact) mass is 183 g/mol. The highest BCUT2D eigenvalue weighted by Crippen LogP contribution is 2.33. The Labute approximate surface area is 81.3 Å². The highest BCUT2D eigenvalue weighted by Gasteiger charge is 2.37. The van der Waals surface area contributed by atoms with Crippen molar-refractivity contribution in [3.63, 3.8) is 0 Å². The molecule has 2 heteroatoms. The van der Waals surface area contributed by atoms with Gasteiger partial charge in [0.15, 0.2) is 0 Å². The lowest BCUT2D eigenvalue weighted by atomic mass is 9.85. The molecule has 76 valence electrons. The number of hydrogen-bond acceptors (Lipinski definition) is 1. The summed E-state index contributed by atoms with van der Waals surface area (Å²) in [5.41, 5.74) is 0.237. The fourth-order valence-corrected chi connectivity index (χ4v) is 2.16.